The molecule has 3 heterocycles. The van der Waals surface area contributed by atoms with Crippen molar-refractivity contribution < 1.29 is 12.9 Å². The Morgan fingerprint density at radius 2 is 2.10 bits per heavy atom. The number of benzene rings is 1. The smallest absolute Gasteiger partial charge is 0.257 e. The van der Waals surface area contributed by atoms with Crippen molar-refractivity contribution >= 4 is 21.6 Å². The molecular formula is C19H21N5O3S2. The van der Waals surface area contributed by atoms with E-state index < -0.39 is 9.84 Å². The van der Waals surface area contributed by atoms with Crippen molar-refractivity contribution in [3.8, 4) is 11.5 Å². The minimum absolute atomic E-state index is 0.123. The number of hydrogen-bond donors (Lipinski definition) is 0. The van der Waals surface area contributed by atoms with E-state index >= 15 is 0 Å². The number of thioether (sulfide) groups is 1. The average molecular weight is 432 g/mol. The molecule has 3 aromatic rings. The molecule has 0 radical (unpaired) electrons. The van der Waals surface area contributed by atoms with Crippen LogP contribution in [0.25, 0.3) is 11.5 Å². The largest absolute Gasteiger partial charge is 0.334 e. The van der Waals surface area contributed by atoms with Crippen molar-refractivity contribution in [2.24, 2.45) is 0 Å². The van der Waals surface area contributed by atoms with Gasteiger partial charge in [0.15, 0.2) is 20.8 Å². The third-order valence-electron chi connectivity index (χ3n) is 4.75. The molecule has 0 spiro atoms. The van der Waals surface area contributed by atoms with Gasteiger partial charge in [0.05, 0.1) is 17.3 Å². The Morgan fingerprint density at radius 1 is 1.31 bits per heavy atom. The van der Waals surface area contributed by atoms with E-state index in [1.54, 1.807) is 6.08 Å². The van der Waals surface area contributed by atoms with Gasteiger partial charge in [-0.2, -0.15) is 4.98 Å². The normalized spacial score (nSPS) is 18.2. The molecule has 10 heteroatoms. The van der Waals surface area contributed by atoms with E-state index in [1.807, 2.05) is 35.8 Å². The first-order valence-electron chi connectivity index (χ1n) is 9.22. The summed E-state index contributed by atoms with van der Waals surface area (Å²) in [6.07, 6.45) is 2.33. The summed E-state index contributed by atoms with van der Waals surface area (Å²) >= 11 is 1.44. The second kappa shape index (κ2) is 8.11. The molecule has 29 heavy (non-hydrogen) atoms. The summed E-state index contributed by atoms with van der Waals surface area (Å²) in [6, 6.07) is 7.89. The van der Waals surface area contributed by atoms with Gasteiger partial charge in [-0.05, 0) is 25.5 Å². The van der Waals surface area contributed by atoms with Gasteiger partial charge in [-0.15, -0.1) is 16.8 Å². The predicted octanol–water partition coefficient (Wildman–Crippen LogP) is 3.02. The molecule has 8 nitrogen and oxygen atoms in total. The van der Waals surface area contributed by atoms with E-state index in [2.05, 4.69) is 26.9 Å². The van der Waals surface area contributed by atoms with Crippen molar-refractivity contribution in [2.45, 2.75) is 36.7 Å². The van der Waals surface area contributed by atoms with E-state index in [0.717, 1.165) is 11.1 Å². The maximum atomic E-state index is 11.8. The van der Waals surface area contributed by atoms with Crippen LogP contribution in [0.3, 0.4) is 0 Å². The van der Waals surface area contributed by atoms with Crippen LogP contribution in [-0.2, 0) is 22.1 Å². The van der Waals surface area contributed by atoms with Crippen LogP contribution in [-0.4, -0.2) is 44.8 Å². The molecule has 1 fully saturated rings. The minimum atomic E-state index is -2.99. The molecule has 1 aliphatic rings. The first-order valence-corrected chi connectivity index (χ1v) is 12.0. The quantitative estimate of drug-likeness (QED) is 0.415. The van der Waals surface area contributed by atoms with Crippen LogP contribution >= 0.6 is 11.8 Å². The minimum Gasteiger partial charge on any atom is -0.334 e. The maximum Gasteiger partial charge on any atom is 0.257 e. The van der Waals surface area contributed by atoms with Gasteiger partial charge < -0.3 is 9.09 Å². The molecule has 1 unspecified atom stereocenters. The van der Waals surface area contributed by atoms with Gasteiger partial charge in [-0.1, -0.05) is 40.7 Å². The molecule has 0 saturated carbocycles. The van der Waals surface area contributed by atoms with E-state index in [-0.39, 0.29) is 17.4 Å². The molecule has 1 aliphatic heterocycles. The lowest BCUT2D eigenvalue weighted by Gasteiger charge is -2.10. The highest BCUT2D eigenvalue weighted by molar-refractivity contribution is 7.98. The Bertz CT molecular complexity index is 1120. The van der Waals surface area contributed by atoms with E-state index in [1.165, 1.54) is 11.8 Å². The Hall–Kier alpha value is -2.46. The van der Waals surface area contributed by atoms with Crippen LogP contribution < -0.4 is 0 Å². The Labute approximate surface area is 173 Å². The number of nitrogens with zero attached hydrogens (tertiary/aromatic N) is 5. The maximum absolute atomic E-state index is 11.8. The lowest BCUT2D eigenvalue weighted by atomic mass is 10.1. The average Bonchev–Trinajstić information content (AvgIpc) is 3.40. The van der Waals surface area contributed by atoms with Crippen LogP contribution in [0.4, 0.5) is 0 Å². The fourth-order valence-electron chi connectivity index (χ4n) is 3.26. The van der Waals surface area contributed by atoms with Gasteiger partial charge in [0.25, 0.3) is 5.89 Å². The monoisotopic (exact) mass is 431 g/mol. The molecule has 1 atom stereocenters. The topological polar surface area (TPSA) is 104 Å². The second-order valence-corrected chi connectivity index (χ2v) is 10.2. The fraction of sp³-hybridized carbons (Fsp3) is 0.368. The van der Waals surface area contributed by atoms with Crippen LogP contribution in [0.1, 0.15) is 29.6 Å². The number of rotatable bonds is 7. The molecular weight excluding hydrogens is 410 g/mol. The predicted molar refractivity (Wildman–Crippen MR) is 110 cm³/mol. The number of aromatic nitrogens is 5. The van der Waals surface area contributed by atoms with Crippen LogP contribution in [0.2, 0.25) is 0 Å². The summed E-state index contributed by atoms with van der Waals surface area (Å²) in [5, 5.41) is 13.3. The van der Waals surface area contributed by atoms with Crippen molar-refractivity contribution in [1.82, 2.24) is 24.9 Å². The molecule has 2 aromatic heterocycles. The molecule has 0 aliphatic carbocycles. The lowest BCUT2D eigenvalue weighted by molar-refractivity contribution is 0.425. The van der Waals surface area contributed by atoms with Crippen LogP contribution in [0, 0.1) is 6.92 Å². The van der Waals surface area contributed by atoms with Gasteiger partial charge in [0.2, 0.25) is 0 Å². The molecule has 0 N–H and O–H groups in total. The van der Waals surface area contributed by atoms with Crippen LogP contribution in [0.15, 0.2) is 46.6 Å². The molecule has 0 bridgehead atoms. The summed E-state index contributed by atoms with van der Waals surface area (Å²) in [6.45, 7) is 6.33. The Kier molecular flexibility index (Phi) is 5.55. The highest BCUT2D eigenvalue weighted by Crippen LogP contribution is 2.31. The van der Waals surface area contributed by atoms with Gasteiger partial charge in [0.1, 0.15) is 5.82 Å². The Morgan fingerprint density at radius 3 is 2.79 bits per heavy atom. The summed E-state index contributed by atoms with van der Waals surface area (Å²) in [7, 11) is -2.99. The molecule has 4 rings (SSSR count). The zero-order valence-electron chi connectivity index (χ0n) is 16.0. The van der Waals surface area contributed by atoms with Gasteiger partial charge in [-0.3, -0.25) is 0 Å². The number of hydrogen-bond acceptors (Lipinski definition) is 8. The molecule has 1 aromatic carbocycles. The van der Waals surface area contributed by atoms with Crippen molar-refractivity contribution in [3.63, 3.8) is 0 Å². The van der Waals surface area contributed by atoms with Gasteiger partial charge >= 0.3 is 0 Å². The SMILES string of the molecule is C=CCn1c(SCc2noc(-c3ccc(C)cc3)n2)nnc1C1CCS(=O)(=O)C1. The third-order valence-corrected chi connectivity index (χ3v) is 7.48. The zero-order valence-corrected chi connectivity index (χ0v) is 17.6. The standard InChI is InChI=1S/C19H21N5O3S2/c1-3-9-24-17(15-8-10-29(25,26)12-15)21-22-19(24)28-11-16-20-18(27-23-16)14-6-4-13(2)5-7-14/h3-7,15H,1,8-12H2,2H3. The summed E-state index contributed by atoms with van der Waals surface area (Å²) in [5.41, 5.74) is 2.04. The van der Waals surface area contributed by atoms with E-state index in [0.29, 0.717) is 41.4 Å². The van der Waals surface area contributed by atoms with Gasteiger partial charge in [-0.25, -0.2) is 8.42 Å². The van der Waals surface area contributed by atoms with Crippen molar-refractivity contribution in [2.75, 3.05) is 11.5 Å². The van der Waals surface area contributed by atoms with E-state index in [4.69, 9.17) is 4.52 Å². The second-order valence-electron chi connectivity index (χ2n) is 7.01. The van der Waals surface area contributed by atoms with Crippen molar-refractivity contribution in [1.29, 1.82) is 0 Å². The Balaban J connectivity index is 1.49. The van der Waals surface area contributed by atoms with Crippen molar-refractivity contribution in [3.05, 3.63) is 54.1 Å². The number of sulfone groups is 1. The van der Waals surface area contributed by atoms with E-state index in [9.17, 15) is 8.42 Å². The third kappa shape index (κ3) is 4.43. The summed E-state index contributed by atoms with van der Waals surface area (Å²) < 4.78 is 30.9. The fourth-order valence-corrected chi connectivity index (χ4v) is 5.80. The summed E-state index contributed by atoms with van der Waals surface area (Å²) in [4.78, 5) is 4.45. The highest BCUT2D eigenvalue weighted by Gasteiger charge is 2.33. The van der Waals surface area contributed by atoms with Gasteiger partial charge in [0, 0.05) is 18.0 Å². The first kappa shape index (κ1) is 19.8. The first-order chi connectivity index (χ1) is 13.9. The van der Waals surface area contributed by atoms with Crippen LogP contribution in [0.5, 0.6) is 0 Å². The zero-order chi connectivity index (χ0) is 20.4. The molecule has 1 saturated heterocycles. The molecule has 0 amide bonds. The highest BCUT2D eigenvalue weighted by atomic mass is 32.2. The lowest BCUT2D eigenvalue weighted by Crippen LogP contribution is -2.11. The summed E-state index contributed by atoms with van der Waals surface area (Å²) in [5.74, 6) is 2.40. The molecule has 152 valence electrons. The number of allylic oxidation sites excluding steroid dienone is 1. The number of aryl methyl sites for hydroxylation is 1.